The minimum atomic E-state index is -0.102. The molecule has 0 bridgehead atoms. The summed E-state index contributed by atoms with van der Waals surface area (Å²) in [5.41, 5.74) is 2.43. The van der Waals surface area contributed by atoms with Gasteiger partial charge in [0.05, 0.1) is 12.4 Å². The molecule has 0 spiro atoms. The first kappa shape index (κ1) is 23.1. The monoisotopic (exact) mass is 426 g/mol. The van der Waals surface area contributed by atoms with E-state index in [1.54, 1.807) is 11.8 Å². The van der Waals surface area contributed by atoms with Crippen molar-refractivity contribution in [3.8, 4) is 0 Å². The van der Waals surface area contributed by atoms with E-state index in [0.717, 1.165) is 48.7 Å². The average Bonchev–Trinajstić information content (AvgIpc) is 3.08. The van der Waals surface area contributed by atoms with Crippen LogP contribution in [0.2, 0.25) is 0 Å². The van der Waals surface area contributed by atoms with Gasteiger partial charge in [-0.3, -0.25) is 0 Å². The highest BCUT2D eigenvalue weighted by molar-refractivity contribution is 5.25. The second kappa shape index (κ2) is 8.73. The van der Waals surface area contributed by atoms with Crippen LogP contribution in [-0.4, -0.2) is 11.2 Å². The lowest BCUT2D eigenvalue weighted by atomic mass is 9.47. The maximum Gasteiger partial charge on any atom is 0.102 e. The molecule has 0 aliphatic heterocycles. The lowest BCUT2D eigenvalue weighted by Gasteiger charge is -2.58. The van der Waals surface area contributed by atoms with Gasteiger partial charge in [0.25, 0.3) is 0 Å². The van der Waals surface area contributed by atoms with E-state index >= 15 is 0 Å². The smallest absolute Gasteiger partial charge is 0.102 e. The number of aliphatic hydroxyl groups excluding tert-OH is 1. The molecule has 31 heavy (non-hydrogen) atoms. The fourth-order valence-corrected chi connectivity index (χ4v) is 8.60. The van der Waals surface area contributed by atoms with E-state index in [0.29, 0.717) is 22.7 Å². The minimum absolute atomic E-state index is 0.102. The zero-order valence-corrected chi connectivity index (χ0v) is 20.7. The van der Waals surface area contributed by atoms with Crippen molar-refractivity contribution in [1.29, 1.82) is 0 Å². The molecule has 0 heterocycles. The first-order valence-electron chi connectivity index (χ1n) is 13.1. The Bertz CT molecular complexity index is 733. The lowest BCUT2D eigenvalue weighted by Crippen LogP contribution is -2.50. The second-order valence-electron chi connectivity index (χ2n) is 12.1. The van der Waals surface area contributed by atoms with Gasteiger partial charge in [0, 0.05) is 5.92 Å². The number of ether oxygens (including phenoxy) is 1. The summed E-state index contributed by atoms with van der Waals surface area (Å²) in [7, 11) is 0. The van der Waals surface area contributed by atoms with E-state index in [1.807, 2.05) is 0 Å². The Labute approximate surface area is 191 Å². The van der Waals surface area contributed by atoms with Crippen LogP contribution in [0, 0.1) is 46.3 Å². The van der Waals surface area contributed by atoms with Crippen LogP contribution in [0.3, 0.4) is 0 Å². The molecule has 0 saturated heterocycles. The number of rotatable bonds is 6. The van der Waals surface area contributed by atoms with Crippen LogP contribution < -0.4 is 0 Å². The van der Waals surface area contributed by atoms with Gasteiger partial charge in [0.2, 0.25) is 0 Å². The largest absolute Gasteiger partial charge is 0.470 e. The van der Waals surface area contributed by atoms with Crippen LogP contribution in [-0.2, 0) is 4.74 Å². The number of hydrogen-bond acceptors (Lipinski definition) is 2. The molecule has 1 N–H and O–H groups in total. The molecule has 0 aromatic rings. The Kier molecular flexibility index (Phi) is 6.52. The maximum absolute atomic E-state index is 10.2. The van der Waals surface area contributed by atoms with E-state index in [-0.39, 0.29) is 6.10 Å². The quantitative estimate of drug-likeness (QED) is 0.349. The van der Waals surface area contributed by atoms with Gasteiger partial charge in [-0.05, 0) is 104 Å². The molecule has 2 heteroatoms. The van der Waals surface area contributed by atoms with E-state index in [4.69, 9.17) is 4.74 Å². The molecule has 0 aromatic carbocycles. The van der Waals surface area contributed by atoms with Crippen molar-refractivity contribution in [3.05, 3.63) is 36.3 Å². The molecule has 4 aliphatic rings. The van der Waals surface area contributed by atoms with E-state index in [9.17, 15) is 5.11 Å². The number of hydrogen-bond donors (Lipinski definition) is 1. The fourth-order valence-electron chi connectivity index (χ4n) is 8.60. The number of allylic oxidation sites excluding steroid dienone is 3. The van der Waals surface area contributed by atoms with Crippen molar-refractivity contribution in [2.24, 2.45) is 46.3 Å². The topological polar surface area (TPSA) is 29.5 Å². The summed E-state index contributed by atoms with van der Waals surface area (Å²) in [6.07, 6.45) is 17.4. The third kappa shape index (κ3) is 3.96. The SMILES string of the molecule is C=COC(=CC[C@@H](C)[C@H]1CC[C@H]2[C@@H]3CC=C4C[C@@H](O)CC[C@]4(C)[C@H]3CC[C@]12C)C(C)C. The molecular weight excluding hydrogens is 380 g/mol. The highest BCUT2D eigenvalue weighted by Crippen LogP contribution is 2.67. The number of aliphatic hydroxyl groups is 1. The first-order valence-corrected chi connectivity index (χ1v) is 13.1. The van der Waals surface area contributed by atoms with Crippen molar-refractivity contribution in [1.82, 2.24) is 0 Å². The van der Waals surface area contributed by atoms with E-state index in [2.05, 4.69) is 53.3 Å². The van der Waals surface area contributed by atoms with Gasteiger partial charge in [-0.25, -0.2) is 0 Å². The molecule has 3 fully saturated rings. The third-order valence-corrected chi connectivity index (χ3v) is 10.3. The molecule has 0 aromatic heterocycles. The summed E-state index contributed by atoms with van der Waals surface area (Å²) in [5.74, 6) is 5.56. The molecule has 8 atom stereocenters. The maximum atomic E-state index is 10.2. The van der Waals surface area contributed by atoms with E-state index < -0.39 is 0 Å². The molecule has 0 amide bonds. The van der Waals surface area contributed by atoms with Gasteiger partial charge in [-0.15, -0.1) is 0 Å². The number of fused-ring (bicyclic) bond motifs is 5. The van der Waals surface area contributed by atoms with E-state index in [1.165, 1.54) is 38.5 Å². The van der Waals surface area contributed by atoms with Crippen LogP contribution in [0.15, 0.2) is 36.3 Å². The van der Waals surface area contributed by atoms with Gasteiger partial charge >= 0.3 is 0 Å². The Morgan fingerprint density at radius 2 is 1.94 bits per heavy atom. The van der Waals surface area contributed by atoms with Crippen LogP contribution >= 0.6 is 0 Å². The van der Waals surface area contributed by atoms with Crippen LogP contribution in [0.5, 0.6) is 0 Å². The molecule has 3 saturated carbocycles. The predicted molar refractivity (Wildman–Crippen MR) is 129 cm³/mol. The highest BCUT2D eigenvalue weighted by atomic mass is 16.5. The van der Waals surface area contributed by atoms with Crippen LogP contribution in [0.4, 0.5) is 0 Å². The van der Waals surface area contributed by atoms with Crippen molar-refractivity contribution in [2.75, 3.05) is 0 Å². The summed E-state index contributed by atoms with van der Waals surface area (Å²) in [6.45, 7) is 15.8. The van der Waals surface area contributed by atoms with Crippen molar-refractivity contribution >= 4 is 0 Å². The summed E-state index contributed by atoms with van der Waals surface area (Å²) >= 11 is 0. The average molecular weight is 427 g/mol. The van der Waals surface area contributed by atoms with Gasteiger partial charge in [-0.2, -0.15) is 0 Å². The zero-order chi connectivity index (χ0) is 22.4. The van der Waals surface area contributed by atoms with Gasteiger partial charge < -0.3 is 9.84 Å². The zero-order valence-electron chi connectivity index (χ0n) is 20.7. The minimum Gasteiger partial charge on any atom is -0.470 e. The van der Waals surface area contributed by atoms with Gasteiger partial charge in [0.15, 0.2) is 0 Å². The molecule has 0 radical (unpaired) electrons. The van der Waals surface area contributed by atoms with Gasteiger partial charge in [-0.1, -0.05) is 52.8 Å². The predicted octanol–water partition coefficient (Wildman–Crippen LogP) is 7.65. The molecule has 2 nitrogen and oxygen atoms in total. The second-order valence-corrected chi connectivity index (χ2v) is 12.1. The molecule has 174 valence electrons. The summed E-state index contributed by atoms with van der Waals surface area (Å²) in [4.78, 5) is 0. The Morgan fingerprint density at radius 1 is 1.16 bits per heavy atom. The molecule has 4 aliphatic carbocycles. The normalized spacial score (nSPS) is 43.5. The molecule has 4 rings (SSSR count). The standard InChI is InChI=1S/C29H46O2/c1-7-31-27(19(2)3)13-8-20(4)24-11-12-25-23-10-9-21-18-22(30)14-16-28(21,5)26(23)15-17-29(24,25)6/h7,9,13,19-20,22-26,30H,1,8,10-12,14-18H2,2-6H3/t20-,22+,23+,24-,25+,26+,28+,29-/m1/s1. The van der Waals surface area contributed by atoms with Crippen molar-refractivity contribution in [3.63, 3.8) is 0 Å². The van der Waals surface area contributed by atoms with Crippen molar-refractivity contribution in [2.45, 2.75) is 98.5 Å². The van der Waals surface area contributed by atoms with Gasteiger partial charge in [0.1, 0.15) is 5.76 Å². The lowest BCUT2D eigenvalue weighted by molar-refractivity contribution is -0.0565. The summed E-state index contributed by atoms with van der Waals surface area (Å²) in [6, 6.07) is 0. The van der Waals surface area contributed by atoms with Crippen molar-refractivity contribution < 1.29 is 9.84 Å². The Hall–Kier alpha value is -1.02. The Morgan fingerprint density at radius 3 is 2.65 bits per heavy atom. The highest BCUT2D eigenvalue weighted by Gasteiger charge is 2.59. The molecule has 0 unspecified atom stereocenters. The fraction of sp³-hybridized carbons (Fsp3) is 0.793. The van der Waals surface area contributed by atoms with Crippen LogP contribution in [0.25, 0.3) is 0 Å². The summed E-state index contributed by atoms with van der Waals surface area (Å²) in [5, 5.41) is 10.2. The third-order valence-electron chi connectivity index (χ3n) is 10.3. The first-order chi connectivity index (χ1) is 14.7. The molecular formula is C29H46O2. The summed E-state index contributed by atoms with van der Waals surface area (Å²) < 4.78 is 5.69. The van der Waals surface area contributed by atoms with Crippen LogP contribution in [0.1, 0.15) is 92.4 Å². The Balaban J connectivity index is 1.50.